The maximum atomic E-state index is 11.2. The van der Waals surface area contributed by atoms with Crippen LogP contribution in [0, 0.1) is 11.8 Å². The Morgan fingerprint density at radius 1 is 1.54 bits per heavy atom. The topological polar surface area (TPSA) is 46.5 Å². The minimum atomic E-state index is -1.13. The number of Topliss-reactive ketones (excluding diaryl/α,β-unsaturated/α-hetero) is 1. The van der Waals surface area contributed by atoms with E-state index in [1.54, 1.807) is 0 Å². The number of fused-ring (bicyclic) bond motifs is 1. The van der Waals surface area contributed by atoms with Crippen molar-refractivity contribution in [2.45, 2.75) is 38.4 Å². The quantitative estimate of drug-likeness (QED) is 0.613. The number of ketones is 1. The molecule has 1 heterocycles. The van der Waals surface area contributed by atoms with Gasteiger partial charge in [-0.1, -0.05) is 6.92 Å². The minimum Gasteiger partial charge on any atom is -0.365 e. The van der Waals surface area contributed by atoms with Gasteiger partial charge in [-0.3, -0.25) is 4.79 Å². The van der Waals surface area contributed by atoms with Crippen LogP contribution in [0.3, 0.4) is 0 Å². The van der Waals surface area contributed by atoms with Crippen LogP contribution < -0.4 is 0 Å². The van der Waals surface area contributed by atoms with Crippen molar-refractivity contribution in [2.75, 3.05) is 6.61 Å². The predicted octanol–water partition coefficient (Wildman–Crippen LogP) is 1.10. The molecule has 2 rings (SSSR count). The number of aliphatic hydroxyl groups is 1. The maximum absolute atomic E-state index is 11.2. The summed E-state index contributed by atoms with van der Waals surface area (Å²) in [5.74, 6) is -0.355. The van der Waals surface area contributed by atoms with E-state index in [-0.39, 0.29) is 18.1 Å². The molecule has 3 atom stereocenters. The van der Waals surface area contributed by atoms with Crippen molar-refractivity contribution in [1.82, 2.24) is 0 Å². The van der Waals surface area contributed by atoms with E-state index < -0.39 is 5.79 Å². The second-order valence-electron chi connectivity index (χ2n) is 4.32. The first kappa shape index (κ1) is 9.16. The normalized spacial score (nSPS) is 45.8. The summed E-state index contributed by atoms with van der Waals surface area (Å²) < 4.78 is 5.34. The lowest BCUT2D eigenvalue weighted by Gasteiger charge is -2.45. The van der Waals surface area contributed by atoms with Crippen LogP contribution in [0.15, 0.2) is 0 Å². The molecule has 0 amide bonds. The summed E-state index contributed by atoms with van der Waals surface area (Å²) in [5.41, 5.74) is 0. The lowest BCUT2D eigenvalue weighted by Crippen LogP contribution is -2.51. The Morgan fingerprint density at radius 2 is 2.31 bits per heavy atom. The SMILES string of the molecule is C[C@@H]1CCO[C@]2(O)CC(=O)CC[C@@H]12. The average molecular weight is 184 g/mol. The zero-order valence-corrected chi connectivity index (χ0v) is 7.95. The molecule has 0 unspecified atom stereocenters. The van der Waals surface area contributed by atoms with E-state index in [2.05, 4.69) is 6.92 Å². The third-order valence-electron chi connectivity index (χ3n) is 3.38. The van der Waals surface area contributed by atoms with Gasteiger partial charge in [0.05, 0.1) is 13.0 Å². The first-order valence-corrected chi connectivity index (χ1v) is 5.00. The highest BCUT2D eigenvalue weighted by molar-refractivity contribution is 5.80. The molecule has 3 heteroatoms. The molecule has 0 aromatic heterocycles. The number of ether oxygens (including phenoxy) is 1. The number of carbonyl (C=O) groups is 1. The Balaban J connectivity index is 2.17. The highest BCUT2D eigenvalue weighted by Gasteiger charge is 2.47. The Bertz CT molecular complexity index is 226. The number of rotatable bonds is 0. The van der Waals surface area contributed by atoms with E-state index in [1.165, 1.54) is 0 Å². The molecule has 0 aromatic rings. The van der Waals surface area contributed by atoms with Crippen LogP contribution in [0.5, 0.6) is 0 Å². The highest BCUT2D eigenvalue weighted by Crippen LogP contribution is 2.42. The summed E-state index contributed by atoms with van der Waals surface area (Å²) in [5, 5.41) is 10.1. The second kappa shape index (κ2) is 3.07. The maximum Gasteiger partial charge on any atom is 0.175 e. The third-order valence-corrected chi connectivity index (χ3v) is 3.38. The summed E-state index contributed by atoms with van der Waals surface area (Å²) in [4.78, 5) is 11.2. The highest BCUT2D eigenvalue weighted by atomic mass is 16.6. The molecule has 1 N–H and O–H groups in total. The average Bonchev–Trinajstić information content (AvgIpc) is 2.02. The van der Waals surface area contributed by atoms with E-state index >= 15 is 0 Å². The molecule has 1 aliphatic carbocycles. The smallest absolute Gasteiger partial charge is 0.175 e. The van der Waals surface area contributed by atoms with Gasteiger partial charge in [-0.25, -0.2) is 0 Å². The van der Waals surface area contributed by atoms with Gasteiger partial charge < -0.3 is 9.84 Å². The van der Waals surface area contributed by atoms with Gasteiger partial charge in [-0.15, -0.1) is 0 Å². The zero-order chi connectivity index (χ0) is 9.47. The standard InChI is InChI=1S/C10H16O3/c1-7-4-5-13-10(12)6-8(11)2-3-9(7)10/h7,9,12H,2-6H2,1H3/t7-,9+,10-/m1/s1. The van der Waals surface area contributed by atoms with Crippen molar-refractivity contribution in [3.63, 3.8) is 0 Å². The molecule has 74 valence electrons. The van der Waals surface area contributed by atoms with E-state index in [1.807, 2.05) is 0 Å². The Hall–Kier alpha value is -0.410. The molecule has 3 nitrogen and oxygen atoms in total. The Labute approximate surface area is 78.1 Å². The number of carbonyl (C=O) groups excluding carboxylic acids is 1. The van der Waals surface area contributed by atoms with Crippen LogP contribution in [0.4, 0.5) is 0 Å². The molecule has 1 saturated carbocycles. The summed E-state index contributed by atoms with van der Waals surface area (Å²) in [6.07, 6.45) is 2.60. The molecule has 2 aliphatic rings. The van der Waals surface area contributed by atoms with Crippen LogP contribution in [-0.2, 0) is 9.53 Å². The van der Waals surface area contributed by atoms with Crippen molar-refractivity contribution in [1.29, 1.82) is 0 Å². The fraction of sp³-hybridized carbons (Fsp3) is 0.900. The van der Waals surface area contributed by atoms with E-state index in [9.17, 15) is 9.90 Å². The summed E-state index contributed by atoms with van der Waals surface area (Å²) >= 11 is 0. The van der Waals surface area contributed by atoms with Crippen LogP contribution in [-0.4, -0.2) is 23.3 Å². The van der Waals surface area contributed by atoms with Gasteiger partial charge >= 0.3 is 0 Å². The minimum absolute atomic E-state index is 0.132. The van der Waals surface area contributed by atoms with Crippen molar-refractivity contribution < 1.29 is 14.6 Å². The number of hydrogen-bond acceptors (Lipinski definition) is 3. The van der Waals surface area contributed by atoms with Crippen molar-refractivity contribution >= 4 is 5.78 Å². The lowest BCUT2D eigenvalue weighted by molar-refractivity contribution is -0.276. The molecule has 2 fully saturated rings. The lowest BCUT2D eigenvalue weighted by atomic mass is 9.73. The largest absolute Gasteiger partial charge is 0.365 e. The first-order chi connectivity index (χ1) is 6.12. The summed E-state index contributed by atoms with van der Waals surface area (Å²) in [7, 11) is 0. The summed E-state index contributed by atoms with van der Waals surface area (Å²) in [6, 6.07) is 0. The Kier molecular flexibility index (Phi) is 2.16. The molecule has 0 aromatic carbocycles. The Morgan fingerprint density at radius 3 is 3.08 bits per heavy atom. The monoisotopic (exact) mass is 184 g/mol. The van der Waals surface area contributed by atoms with Gasteiger partial charge in [-0.05, 0) is 18.8 Å². The fourth-order valence-corrected chi connectivity index (χ4v) is 2.55. The van der Waals surface area contributed by atoms with Gasteiger partial charge in [-0.2, -0.15) is 0 Å². The van der Waals surface area contributed by atoms with Gasteiger partial charge in [0.15, 0.2) is 5.79 Å². The van der Waals surface area contributed by atoms with Gasteiger partial charge in [0.1, 0.15) is 5.78 Å². The molecule has 1 aliphatic heterocycles. The molecule has 0 spiro atoms. The predicted molar refractivity (Wildman–Crippen MR) is 47.0 cm³/mol. The van der Waals surface area contributed by atoms with Crippen molar-refractivity contribution in [3.8, 4) is 0 Å². The third kappa shape index (κ3) is 1.51. The van der Waals surface area contributed by atoms with Crippen LogP contribution in [0.25, 0.3) is 0 Å². The molecule has 0 bridgehead atoms. The van der Waals surface area contributed by atoms with E-state index in [0.717, 1.165) is 12.8 Å². The molecule has 13 heavy (non-hydrogen) atoms. The molecular weight excluding hydrogens is 168 g/mol. The van der Waals surface area contributed by atoms with Gasteiger partial charge in [0.25, 0.3) is 0 Å². The zero-order valence-electron chi connectivity index (χ0n) is 7.95. The fourth-order valence-electron chi connectivity index (χ4n) is 2.55. The second-order valence-corrected chi connectivity index (χ2v) is 4.32. The van der Waals surface area contributed by atoms with Crippen molar-refractivity contribution in [3.05, 3.63) is 0 Å². The number of hydrogen-bond donors (Lipinski definition) is 1. The summed E-state index contributed by atoms with van der Waals surface area (Å²) in [6.45, 7) is 2.72. The van der Waals surface area contributed by atoms with Crippen LogP contribution >= 0.6 is 0 Å². The molecular formula is C10H16O3. The van der Waals surface area contributed by atoms with Gasteiger partial charge in [0.2, 0.25) is 0 Å². The van der Waals surface area contributed by atoms with Crippen molar-refractivity contribution in [2.24, 2.45) is 11.8 Å². The van der Waals surface area contributed by atoms with E-state index in [0.29, 0.717) is 18.9 Å². The molecule has 0 radical (unpaired) electrons. The van der Waals surface area contributed by atoms with Crippen LogP contribution in [0.2, 0.25) is 0 Å². The van der Waals surface area contributed by atoms with Gasteiger partial charge in [0, 0.05) is 12.3 Å². The first-order valence-electron chi connectivity index (χ1n) is 5.00. The van der Waals surface area contributed by atoms with E-state index in [4.69, 9.17) is 4.74 Å². The molecule has 1 saturated heterocycles. The van der Waals surface area contributed by atoms with Crippen LogP contribution in [0.1, 0.15) is 32.6 Å².